The van der Waals surface area contributed by atoms with Gasteiger partial charge in [-0.25, -0.2) is 4.99 Å². The molecule has 1 aromatic rings. The fraction of sp³-hybridized carbons (Fsp3) is 0.500. The Balaban J connectivity index is 1.73. The predicted octanol–water partition coefficient (Wildman–Crippen LogP) is 4.92. The zero-order valence-electron chi connectivity index (χ0n) is 18.2. The molecular weight excluding hydrogens is 356 g/mol. The number of ketones is 1. The molecule has 0 spiro atoms. The summed E-state index contributed by atoms with van der Waals surface area (Å²) in [4.78, 5) is 16.7. The fourth-order valence-electron chi connectivity index (χ4n) is 4.34. The van der Waals surface area contributed by atoms with Gasteiger partial charge in [0.2, 0.25) is 5.78 Å². The lowest BCUT2D eigenvalue weighted by Gasteiger charge is -2.21. The average Bonchev–Trinajstić information content (AvgIpc) is 2.62. The van der Waals surface area contributed by atoms with Crippen LogP contribution in [0.25, 0.3) is 0 Å². The van der Waals surface area contributed by atoms with Crippen molar-refractivity contribution in [3.05, 3.63) is 47.6 Å². The van der Waals surface area contributed by atoms with Crippen LogP contribution in [0, 0.1) is 0 Å². The van der Waals surface area contributed by atoms with E-state index in [9.17, 15) is 9.90 Å². The van der Waals surface area contributed by atoms with E-state index in [2.05, 4.69) is 45.0 Å². The lowest BCUT2D eigenvalue weighted by Crippen LogP contribution is -2.22. The van der Waals surface area contributed by atoms with Gasteiger partial charge in [-0.3, -0.25) is 4.79 Å². The fourth-order valence-corrected chi connectivity index (χ4v) is 4.34. The summed E-state index contributed by atoms with van der Waals surface area (Å²) in [5.74, 6) is 0.234. The number of carbonyl (C=O) groups is 1. The summed E-state index contributed by atoms with van der Waals surface area (Å²) in [6.07, 6.45) is 12.7. The van der Waals surface area contributed by atoms with Gasteiger partial charge >= 0.3 is 0 Å². The molecule has 1 aromatic carbocycles. The molecule has 0 aromatic heterocycles. The Labute approximate surface area is 176 Å². The van der Waals surface area contributed by atoms with Crippen LogP contribution in [-0.4, -0.2) is 31.2 Å². The van der Waals surface area contributed by atoms with Gasteiger partial charge in [-0.05, 0) is 18.2 Å². The average molecular weight is 389 g/mol. The van der Waals surface area contributed by atoms with E-state index in [1.54, 1.807) is 0 Å². The van der Waals surface area contributed by atoms with Gasteiger partial charge in [0.25, 0.3) is 0 Å². The maximum atomic E-state index is 11.9. The summed E-state index contributed by atoms with van der Waals surface area (Å²) in [6.45, 7) is 6.41. The van der Waals surface area contributed by atoms with Crippen LogP contribution >= 0.6 is 0 Å². The second-order valence-corrected chi connectivity index (χ2v) is 9.88. The van der Waals surface area contributed by atoms with Crippen molar-refractivity contribution in [3.63, 3.8) is 0 Å². The second-order valence-electron chi connectivity index (χ2n) is 9.88. The number of hydrogen-bond acceptors (Lipinski definition) is 3. The highest BCUT2D eigenvalue weighted by atomic mass is 16.3. The Morgan fingerprint density at radius 1 is 0.966 bits per heavy atom. The van der Waals surface area contributed by atoms with Crippen molar-refractivity contribution in [1.29, 1.82) is 0 Å². The first-order valence-corrected chi connectivity index (χ1v) is 11.1. The van der Waals surface area contributed by atoms with Gasteiger partial charge in [-0.1, -0.05) is 99.9 Å². The maximum Gasteiger partial charge on any atom is 0.219 e. The summed E-state index contributed by atoms with van der Waals surface area (Å²) in [5, 5.41) is 9.93. The topological polar surface area (TPSA) is 49.7 Å². The molecule has 0 radical (unpaired) electrons. The van der Waals surface area contributed by atoms with Crippen LogP contribution in [0.15, 0.2) is 52.6 Å². The zero-order valence-corrected chi connectivity index (χ0v) is 18.2. The number of allylic oxidation sites excluding steroid dienone is 3. The molecule has 2 aliphatic rings. The van der Waals surface area contributed by atoms with Crippen LogP contribution in [0.4, 0.5) is 5.69 Å². The van der Waals surface area contributed by atoms with E-state index in [4.69, 9.17) is 4.99 Å². The van der Waals surface area contributed by atoms with Gasteiger partial charge in [-0.15, -0.1) is 0 Å². The minimum absolute atomic E-state index is 0.0368. The van der Waals surface area contributed by atoms with Crippen molar-refractivity contribution in [2.24, 2.45) is 4.99 Å². The molecule has 0 amide bonds. The van der Waals surface area contributed by atoms with Crippen molar-refractivity contribution < 1.29 is 9.90 Å². The third kappa shape index (κ3) is 6.76. The third-order valence-corrected chi connectivity index (χ3v) is 5.82. The molecule has 1 saturated carbocycles. The molecule has 0 unspecified atom stereocenters. The van der Waals surface area contributed by atoms with E-state index in [1.807, 2.05) is 0 Å². The van der Waals surface area contributed by atoms with Gasteiger partial charge < -0.3 is 5.11 Å². The molecule has 1 N–H and O–H groups in total. The summed E-state index contributed by atoms with van der Waals surface area (Å²) >= 11 is 0. The van der Waals surface area contributed by atoms with E-state index < -0.39 is 0 Å². The van der Waals surface area contributed by atoms with Gasteiger partial charge in [0.1, 0.15) is 0 Å². The number of carbonyl (C=O) groups excluding carboxylic acids is 1. The molecule has 0 bridgehead atoms. The van der Waals surface area contributed by atoms with E-state index in [0.29, 0.717) is 5.71 Å². The monoisotopic (exact) mass is 389 g/mol. The molecule has 0 aliphatic heterocycles. The summed E-state index contributed by atoms with van der Waals surface area (Å²) < 4.78 is 0. The first-order valence-electron chi connectivity index (χ1n) is 11.1. The molecule has 0 saturated heterocycles. The van der Waals surface area contributed by atoms with Gasteiger partial charge in [0.15, 0.2) is 20.3 Å². The Hall–Kier alpha value is -2.03. The number of hydrogen-bond donors (Lipinski definition) is 1. The van der Waals surface area contributed by atoms with Crippen molar-refractivity contribution >= 4 is 37.2 Å². The van der Waals surface area contributed by atoms with Crippen molar-refractivity contribution in [3.8, 4) is 0 Å². The highest BCUT2D eigenvalue weighted by Gasteiger charge is 2.24. The molecular formula is C24H33B2NO2. The minimum atomic E-state index is -0.335. The van der Waals surface area contributed by atoms with Crippen LogP contribution in [-0.2, 0) is 4.79 Å². The van der Waals surface area contributed by atoms with Crippen LogP contribution in [0.3, 0.4) is 0 Å². The number of aliphatic hydroxyl groups is 1. The lowest BCUT2D eigenvalue weighted by molar-refractivity contribution is -0.113. The zero-order chi connectivity index (χ0) is 20.9. The minimum Gasteiger partial charge on any atom is -0.504 e. The largest absolute Gasteiger partial charge is 0.504 e. The van der Waals surface area contributed by atoms with E-state index >= 15 is 0 Å². The van der Waals surface area contributed by atoms with Crippen LogP contribution in [0.2, 0.25) is 11.1 Å². The van der Waals surface area contributed by atoms with Crippen LogP contribution in [0.5, 0.6) is 0 Å². The van der Waals surface area contributed by atoms with Gasteiger partial charge in [0.05, 0.1) is 11.4 Å². The van der Waals surface area contributed by atoms with Crippen LogP contribution in [0.1, 0.15) is 65.7 Å². The Kier molecular flexibility index (Phi) is 7.21. The summed E-state index contributed by atoms with van der Waals surface area (Å²) in [5.41, 5.74) is 3.81. The van der Waals surface area contributed by atoms with E-state index in [0.717, 1.165) is 31.5 Å². The molecule has 3 rings (SSSR count). The molecule has 2 aliphatic carbocycles. The van der Waals surface area contributed by atoms with E-state index in [-0.39, 0.29) is 16.9 Å². The molecule has 0 atom stereocenters. The first-order chi connectivity index (χ1) is 13.8. The molecule has 3 nitrogen and oxygen atoms in total. The second kappa shape index (κ2) is 9.65. The molecule has 5 heteroatoms. The SMILES string of the molecule is CC(C)(C)BC1=CC(=O)C(O)=C/C1=N\c1ccc(BC2CCCCCCC2)cc1. The highest BCUT2D eigenvalue weighted by molar-refractivity contribution is 6.60. The quantitative estimate of drug-likeness (QED) is 0.587. The summed E-state index contributed by atoms with van der Waals surface area (Å²) in [7, 11) is 1.89. The molecule has 0 heterocycles. The molecule has 152 valence electrons. The predicted molar refractivity (Wildman–Crippen MR) is 127 cm³/mol. The number of aliphatic hydroxyl groups excluding tert-OH is 1. The Morgan fingerprint density at radius 3 is 2.21 bits per heavy atom. The summed E-state index contributed by atoms with van der Waals surface area (Å²) in [6, 6.07) is 8.48. The van der Waals surface area contributed by atoms with Crippen molar-refractivity contribution in [2.75, 3.05) is 0 Å². The van der Waals surface area contributed by atoms with Crippen molar-refractivity contribution in [2.45, 2.75) is 76.8 Å². The van der Waals surface area contributed by atoms with E-state index in [1.165, 1.54) is 62.6 Å². The maximum absolute atomic E-state index is 11.9. The molecule has 29 heavy (non-hydrogen) atoms. The van der Waals surface area contributed by atoms with Gasteiger partial charge in [-0.2, -0.15) is 0 Å². The third-order valence-electron chi connectivity index (χ3n) is 5.82. The van der Waals surface area contributed by atoms with Crippen molar-refractivity contribution in [1.82, 2.24) is 0 Å². The lowest BCUT2D eigenvalue weighted by atomic mass is 9.49. The highest BCUT2D eigenvalue weighted by Crippen LogP contribution is 2.28. The van der Waals surface area contributed by atoms with Gasteiger partial charge in [0, 0.05) is 6.08 Å². The smallest absolute Gasteiger partial charge is 0.219 e. The standard InChI is InChI=1S/C24H33B2NO2/c1-24(2,3)26-20-15-22(28)23(29)16-21(20)27-19-13-11-18(12-14-19)25-17-9-7-5-4-6-8-10-17/h11-17,25-26,29H,4-10H2,1-3H3/b27-21+. The van der Waals surface area contributed by atoms with Crippen LogP contribution < -0.4 is 5.46 Å². The Morgan fingerprint density at radius 2 is 1.59 bits per heavy atom. The molecule has 1 fully saturated rings. The number of aliphatic imine (C=N–C) groups is 1. The first kappa shape index (κ1) is 21.7. The number of benzene rings is 1. The normalized spacial score (nSPS) is 20.5. The number of rotatable bonds is 4. The number of nitrogens with zero attached hydrogens (tertiary/aromatic N) is 1. The Bertz CT molecular complexity index is 808.